The third-order valence-electron chi connectivity index (χ3n) is 2.61. The van der Waals surface area contributed by atoms with Gasteiger partial charge in [-0.2, -0.15) is 0 Å². The molecule has 2 rings (SSSR count). The zero-order valence-corrected chi connectivity index (χ0v) is 10.7. The Hall–Kier alpha value is -2.14. The van der Waals surface area contributed by atoms with Crippen LogP contribution >= 0.6 is 0 Å². The molecular formula is C14H14FNO3. The van der Waals surface area contributed by atoms with E-state index in [9.17, 15) is 9.18 Å². The highest BCUT2D eigenvalue weighted by atomic mass is 19.1. The molecule has 1 heterocycles. The lowest BCUT2D eigenvalue weighted by molar-refractivity contribution is 0.0987. The number of ether oxygens (including phenoxy) is 1. The van der Waals surface area contributed by atoms with Crippen LogP contribution in [0.1, 0.15) is 21.9 Å². The first-order chi connectivity index (χ1) is 9.10. The fourth-order valence-electron chi connectivity index (χ4n) is 1.67. The minimum absolute atomic E-state index is 0.191. The molecule has 0 atom stereocenters. The first-order valence-electron chi connectivity index (χ1n) is 5.75. The second kappa shape index (κ2) is 5.67. The predicted molar refractivity (Wildman–Crippen MR) is 68.5 cm³/mol. The lowest BCUT2D eigenvalue weighted by Gasteiger charge is -2.06. The summed E-state index contributed by atoms with van der Waals surface area (Å²) in [4.78, 5) is 11.9. The average molecular weight is 263 g/mol. The third kappa shape index (κ3) is 3.20. The summed E-state index contributed by atoms with van der Waals surface area (Å²) in [5, 5.41) is 2.67. The zero-order chi connectivity index (χ0) is 13.8. The van der Waals surface area contributed by atoms with Gasteiger partial charge in [0.2, 0.25) is 0 Å². The van der Waals surface area contributed by atoms with E-state index in [2.05, 4.69) is 5.32 Å². The van der Waals surface area contributed by atoms with E-state index >= 15 is 0 Å². The van der Waals surface area contributed by atoms with E-state index in [1.165, 1.54) is 18.2 Å². The molecule has 0 saturated carbocycles. The summed E-state index contributed by atoms with van der Waals surface area (Å²) in [7, 11) is 1.55. The molecule has 0 bridgehead atoms. The van der Waals surface area contributed by atoms with E-state index < -0.39 is 0 Å². The largest absolute Gasteiger partial charge is 0.453 e. The van der Waals surface area contributed by atoms with Gasteiger partial charge in [0.15, 0.2) is 5.76 Å². The van der Waals surface area contributed by atoms with E-state index in [4.69, 9.17) is 9.15 Å². The quantitative estimate of drug-likeness (QED) is 0.922. The van der Waals surface area contributed by atoms with Gasteiger partial charge in [-0.05, 0) is 42.8 Å². The van der Waals surface area contributed by atoms with E-state index in [1.807, 2.05) is 0 Å². The van der Waals surface area contributed by atoms with Crippen molar-refractivity contribution in [1.29, 1.82) is 0 Å². The van der Waals surface area contributed by atoms with Gasteiger partial charge < -0.3 is 14.5 Å². The number of benzene rings is 1. The zero-order valence-electron chi connectivity index (χ0n) is 10.7. The maximum Gasteiger partial charge on any atom is 0.291 e. The highest BCUT2D eigenvalue weighted by Gasteiger charge is 2.12. The summed E-state index contributed by atoms with van der Waals surface area (Å²) in [5.74, 6) is 0.0483. The minimum Gasteiger partial charge on any atom is -0.453 e. The topological polar surface area (TPSA) is 51.5 Å². The van der Waals surface area contributed by atoms with Crippen LogP contribution in [-0.4, -0.2) is 13.0 Å². The lowest BCUT2D eigenvalue weighted by atomic mass is 10.2. The van der Waals surface area contributed by atoms with Crippen molar-refractivity contribution in [3.8, 4) is 0 Å². The summed E-state index contributed by atoms with van der Waals surface area (Å²) in [6, 6.07) is 7.41. The molecule has 5 heteroatoms. The number of carbonyl (C=O) groups is 1. The Morgan fingerprint density at radius 3 is 2.84 bits per heavy atom. The molecule has 1 amide bonds. The number of hydrogen-bond acceptors (Lipinski definition) is 3. The number of amides is 1. The Morgan fingerprint density at radius 2 is 2.16 bits per heavy atom. The molecule has 0 radical (unpaired) electrons. The maximum absolute atomic E-state index is 13.0. The molecule has 19 heavy (non-hydrogen) atoms. The molecule has 2 aromatic rings. The van der Waals surface area contributed by atoms with Gasteiger partial charge >= 0.3 is 0 Å². The maximum atomic E-state index is 13.0. The van der Waals surface area contributed by atoms with Gasteiger partial charge in [0.25, 0.3) is 5.91 Å². The second-order valence-corrected chi connectivity index (χ2v) is 4.11. The number of rotatable bonds is 4. The van der Waals surface area contributed by atoms with Gasteiger partial charge in [0.1, 0.15) is 18.2 Å². The molecular weight excluding hydrogens is 249 g/mol. The van der Waals surface area contributed by atoms with E-state index in [1.54, 1.807) is 26.2 Å². The molecule has 0 aliphatic heterocycles. The second-order valence-electron chi connectivity index (χ2n) is 4.11. The number of hydrogen-bond donors (Lipinski definition) is 1. The van der Waals surface area contributed by atoms with Crippen LogP contribution < -0.4 is 5.32 Å². The summed E-state index contributed by atoms with van der Waals surface area (Å²) < 4.78 is 23.2. The van der Waals surface area contributed by atoms with Gasteiger partial charge in [-0.15, -0.1) is 0 Å². The van der Waals surface area contributed by atoms with Crippen molar-refractivity contribution >= 4 is 11.6 Å². The van der Waals surface area contributed by atoms with Crippen molar-refractivity contribution < 1.29 is 18.3 Å². The molecule has 0 aliphatic rings. The SMILES string of the molecule is COCc1ccc(C(=O)Nc2ccc(F)cc2C)o1. The van der Waals surface area contributed by atoms with Crippen molar-refractivity contribution in [2.24, 2.45) is 0 Å². The lowest BCUT2D eigenvalue weighted by Crippen LogP contribution is -2.11. The predicted octanol–water partition coefficient (Wildman–Crippen LogP) is 3.13. The van der Waals surface area contributed by atoms with Crippen LogP contribution in [-0.2, 0) is 11.3 Å². The molecule has 0 unspecified atom stereocenters. The summed E-state index contributed by atoms with van der Waals surface area (Å²) in [6.07, 6.45) is 0. The van der Waals surface area contributed by atoms with Gasteiger partial charge in [-0.3, -0.25) is 4.79 Å². The van der Waals surface area contributed by atoms with E-state index in [0.717, 1.165) is 0 Å². The molecule has 0 aliphatic carbocycles. The third-order valence-corrected chi connectivity index (χ3v) is 2.61. The van der Waals surface area contributed by atoms with Crippen LogP contribution in [0.4, 0.5) is 10.1 Å². The number of nitrogens with one attached hydrogen (secondary N) is 1. The first kappa shape index (κ1) is 13.3. The molecule has 0 saturated heterocycles. The summed E-state index contributed by atoms with van der Waals surface area (Å²) in [5.41, 5.74) is 1.20. The molecule has 1 aromatic carbocycles. The van der Waals surface area contributed by atoms with Gasteiger partial charge in [-0.25, -0.2) is 4.39 Å². The number of furan rings is 1. The minimum atomic E-state index is -0.378. The van der Waals surface area contributed by atoms with Crippen LogP contribution in [0.3, 0.4) is 0 Å². The van der Waals surface area contributed by atoms with Crippen LogP contribution in [0.25, 0.3) is 0 Å². The Labute approximate surface area is 110 Å². The van der Waals surface area contributed by atoms with Gasteiger partial charge in [-0.1, -0.05) is 0 Å². The highest BCUT2D eigenvalue weighted by molar-refractivity contribution is 6.02. The smallest absolute Gasteiger partial charge is 0.291 e. The van der Waals surface area contributed by atoms with Crippen molar-refractivity contribution in [3.63, 3.8) is 0 Å². The summed E-state index contributed by atoms with van der Waals surface area (Å²) >= 11 is 0. The normalized spacial score (nSPS) is 10.5. The van der Waals surface area contributed by atoms with Crippen molar-refractivity contribution in [3.05, 3.63) is 53.2 Å². The van der Waals surface area contributed by atoms with Gasteiger partial charge in [0, 0.05) is 12.8 Å². The molecule has 1 N–H and O–H groups in total. The van der Waals surface area contributed by atoms with Crippen molar-refractivity contribution in [1.82, 2.24) is 0 Å². The average Bonchev–Trinajstić information content (AvgIpc) is 2.82. The Morgan fingerprint density at radius 1 is 1.37 bits per heavy atom. The van der Waals surface area contributed by atoms with E-state index in [0.29, 0.717) is 23.6 Å². The molecule has 1 aromatic heterocycles. The number of anilines is 1. The fourth-order valence-corrected chi connectivity index (χ4v) is 1.67. The molecule has 4 nitrogen and oxygen atoms in total. The van der Waals surface area contributed by atoms with Crippen LogP contribution in [0.15, 0.2) is 34.7 Å². The number of aryl methyl sites for hydroxylation is 1. The van der Waals surface area contributed by atoms with Crippen LogP contribution in [0.2, 0.25) is 0 Å². The Balaban J connectivity index is 2.11. The number of halogens is 1. The number of carbonyl (C=O) groups excluding carboxylic acids is 1. The molecule has 100 valence electrons. The monoisotopic (exact) mass is 263 g/mol. The van der Waals surface area contributed by atoms with Crippen LogP contribution in [0.5, 0.6) is 0 Å². The number of methoxy groups -OCH3 is 1. The Kier molecular flexibility index (Phi) is 3.97. The summed E-state index contributed by atoms with van der Waals surface area (Å²) in [6.45, 7) is 2.03. The Bertz CT molecular complexity index is 592. The molecule has 0 spiro atoms. The van der Waals surface area contributed by atoms with Crippen LogP contribution in [0, 0.1) is 12.7 Å². The first-order valence-corrected chi connectivity index (χ1v) is 5.75. The fraction of sp³-hybridized carbons (Fsp3) is 0.214. The standard InChI is InChI=1S/C14H14FNO3/c1-9-7-10(15)3-5-12(9)16-14(17)13-6-4-11(19-13)8-18-2/h3-7H,8H2,1-2H3,(H,16,17). The van der Waals surface area contributed by atoms with Crippen molar-refractivity contribution in [2.45, 2.75) is 13.5 Å². The van der Waals surface area contributed by atoms with Gasteiger partial charge in [0.05, 0.1) is 0 Å². The highest BCUT2D eigenvalue weighted by Crippen LogP contribution is 2.17. The van der Waals surface area contributed by atoms with E-state index in [-0.39, 0.29) is 17.5 Å². The van der Waals surface area contributed by atoms with Crippen molar-refractivity contribution in [2.75, 3.05) is 12.4 Å². The molecule has 0 fully saturated rings.